The largest absolute Gasteiger partial charge is 0.330 e. The second kappa shape index (κ2) is 8.32. The lowest BCUT2D eigenvalue weighted by atomic mass is 10.1. The van der Waals surface area contributed by atoms with Gasteiger partial charge < -0.3 is 16.4 Å². The Morgan fingerprint density at radius 1 is 1.15 bits per heavy atom. The van der Waals surface area contributed by atoms with Crippen molar-refractivity contribution in [1.29, 1.82) is 0 Å². The first-order valence-corrected chi connectivity index (χ1v) is 6.97. The highest BCUT2D eigenvalue weighted by molar-refractivity contribution is 5.94. The van der Waals surface area contributed by atoms with E-state index in [1.807, 2.05) is 26.0 Å². The topological polar surface area (TPSA) is 84.2 Å². The summed E-state index contributed by atoms with van der Waals surface area (Å²) in [7, 11) is 0. The second-order valence-electron chi connectivity index (χ2n) is 4.77. The standard InChI is InChI=1S/C15H23N3O2/c1-3-5-14(19)17-12-8-7-11(2)13(10-12)18-15(20)6-4-9-16/h7-8,10H,3-6,9,16H2,1-2H3,(H,17,19)(H,18,20). The number of amides is 2. The Hall–Kier alpha value is -1.88. The number of carbonyl (C=O) groups excluding carboxylic acids is 2. The number of hydrogen-bond acceptors (Lipinski definition) is 3. The van der Waals surface area contributed by atoms with Gasteiger partial charge in [0.1, 0.15) is 0 Å². The summed E-state index contributed by atoms with van der Waals surface area (Å²) < 4.78 is 0. The third-order valence-corrected chi connectivity index (χ3v) is 2.88. The first kappa shape index (κ1) is 16.2. The van der Waals surface area contributed by atoms with E-state index in [9.17, 15) is 9.59 Å². The summed E-state index contributed by atoms with van der Waals surface area (Å²) in [6.07, 6.45) is 2.37. The Morgan fingerprint density at radius 2 is 1.85 bits per heavy atom. The lowest BCUT2D eigenvalue weighted by Crippen LogP contribution is -2.15. The van der Waals surface area contributed by atoms with Crippen molar-refractivity contribution in [3.63, 3.8) is 0 Å². The second-order valence-corrected chi connectivity index (χ2v) is 4.77. The smallest absolute Gasteiger partial charge is 0.224 e. The van der Waals surface area contributed by atoms with Gasteiger partial charge in [-0.05, 0) is 44.0 Å². The summed E-state index contributed by atoms with van der Waals surface area (Å²) in [6, 6.07) is 5.49. The fourth-order valence-electron chi connectivity index (χ4n) is 1.76. The summed E-state index contributed by atoms with van der Waals surface area (Å²) in [5.74, 6) is -0.0765. The number of hydrogen-bond donors (Lipinski definition) is 3. The molecule has 0 aliphatic carbocycles. The molecule has 0 aliphatic rings. The Morgan fingerprint density at radius 3 is 2.50 bits per heavy atom. The van der Waals surface area contributed by atoms with Crippen molar-refractivity contribution in [2.45, 2.75) is 39.5 Å². The average molecular weight is 277 g/mol. The van der Waals surface area contributed by atoms with Gasteiger partial charge in [-0.2, -0.15) is 0 Å². The van der Waals surface area contributed by atoms with E-state index >= 15 is 0 Å². The van der Waals surface area contributed by atoms with E-state index in [1.165, 1.54) is 0 Å². The Balaban J connectivity index is 2.71. The Kier molecular flexibility index (Phi) is 6.73. The molecule has 0 heterocycles. The Bertz CT molecular complexity index is 472. The predicted molar refractivity (Wildman–Crippen MR) is 81.6 cm³/mol. The molecule has 0 aliphatic heterocycles. The van der Waals surface area contributed by atoms with Crippen LogP contribution >= 0.6 is 0 Å². The van der Waals surface area contributed by atoms with Crippen molar-refractivity contribution in [1.82, 2.24) is 0 Å². The van der Waals surface area contributed by atoms with Crippen LogP contribution < -0.4 is 16.4 Å². The molecule has 0 aromatic heterocycles. The van der Waals surface area contributed by atoms with E-state index in [2.05, 4.69) is 10.6 Å². The lowest BCUT2D eigenvalue weighted by Gasteiger charge is -2.11. The summed E-state index contributed by atoms with van der Waals surface area (Å²) in [4.78, 5) is 23.3. The first-order chi connectivity index (χ1) is 9.56. The van der Waals surface area contributed by atoms with Crippen LogP contribution in [0.2, 0.25) is 0 Å². The third kappa shape index (κ3) is 5.40. The molecule has 1 aromatic carbocycles. The van der Waals surface area contributed by atoms with E-state index in [0.29, 0.717) is 31.5 Å². The zero-order chi connectivity index (χ0) is 15.0. The Labute approximate surface area is 119 Å². The van der Waals surface area contributed by atoms with E-state index in [1.54, 1.807) is 6.07 Å². The quantitative estimate of drug-likeness (QED) is 0.715. The predicted octanol–water partition coefficient (Wildman–Crippen LogP) is 2.41. The van der Waals surface area contributed by atoms with Crippen LogP contribution in [0.15, 0.2) is 18.2 Å². The van der Waals surface area contributed by atoms with Crippen molar-refractivity contribution in [3.05, 3.63) is 23.8 Å². The van der Waals surface area contributed by atoms with Gasteiger partial charge in [0.05, 0.1) is 0 Å². The van der Waals surface area contributed by atoms with Gasteiger partial charge in [0, 0.05) is 24.2 Å². The highest BCUT2D eigenvalue weighted by atomic mass is 16.2. The molecule has 4 N–H and O–H groups in total. The molecule has 0 fully saturated rings. The summed E-state index contributed by atoms with van der Waals surface area (Å²) >= 11 is 0. The molecule has 1 rings (SSSR count). The van der Waals surface area contributed by atoms with Crippen LogP contribution in [0.1, 0.15) is 38.2 Å². The summed E-state index contributed by atoms with van der Waals surface area (Å²) in [5.41, 5.74) is 7.76. The van der Waals surface area contributed by atoms with Crippen molar-refractivity contribution in [2.24, 2.45) is 5.73 Å². The lowest BCUT2D eigenvalue weighted by molar-refractivity contribution is -0.117. The minimum absolute atomic E-state index is 0.0169. The minimum Gasteiger partial charge on any atom is -0.330 e. The summed E-state index contributed by atoms with van der Waals surface area (Å²) in [6.45, 7) is 4.37. The van der Waals surface area contributed by atoms with Gasteiger partial charge in [-0.1, -0.05) is 13.0 Å². The number of anilines is 2. The monoisotopic (exact) mass is 277 g/mol. The molecular weight excluding hydrogens is 254 g/mol. The van der Waals surface area contributed by atoms with Gasteiger partial charge >= 0.3 is 0 Å². The van der Waals surface area contributed by atoms with Gasteiger partial charge in [0.2, 0.25) is 11.8 Å². The number of rotatable bonds is 7. The SMILES string of the molecule is CCCC(=O)Nc1ccc(C)c(NC(=O)CCCN)c1. The van der Waals surface area contributed by atoms with Crippen LogP contribution in [0.25, 0.3) is 0 Å². The van der Waals surface area contributed by atoms with Crippen LogP contribution in [0.4, 0.5) is 11.4 Å². The fraction of sp³-hybridized carbons (Fsp3) is 0.467. The maximum absolute atomic E-state index is 11.7. The molecule has 0 saturated heterocycles. The molecule has 5 nitrogen and oxygen atoms in total. The zero-order valence-electron chi connectivity index (χ0n) is 12.2. The number of benzene rings is 1. The van der Waals surface area contributed by atoms with Crippen molar-refractivity contribution >= 4 is 23.2 Å². The van der Waals surface area contributed by atoms with E-state index in [0.717, 1.165) is 17.7 Å². The number of aryl methyl sites for hydroxylation is 1. The number of carbonyl (C=O) groups is 2. The molecule has 0 radical (unpaired) electrons. The van der Waals surface area contributed by atoms with Gasteiger partial charge in [0.25, 0.3) is 0 Å². The molecule has 0 unspecified atom stereocenters. The molecule has 5 heteroatoms. The van der Waals surface area contributed by atoms with E-state index < -0.39 is 0 Å². The van der Waals surface area contributed by atoms with Crippen LogP contribution in [0.5, 0.6) is 0 Å². The summed E-state index contributed by atoms with van der Waals surface area (Å²) in [5, 5.41) is 5.66. The average Bonchev–Trinajstić information content (AvgIpc) is 2.40. The highest BCUT2D eigenvalue weighted by Crippen LogP contribution is 2.20. The third-order valence-electron chi connectivity index (χ3n) is 2.88. The molecule has 0 saturated carbocycles. The zero-order valence-corrected chi connectivity index (χ0v) is 12.2. The molecule has 0 spiro atoms. The highest BCUT2D eigenvalue weighted by Gasteiger charge is 2.07. The minimum atomic E-state index is -0.0596. The molecule has 2 amide bonds. The van der Waals surface area contributed by atoms with E-state index in [-0.39, 0.29) is 11.8 Å². The van der Waals surface area contributed by atoms with Crippen LogP contribution in [0.3, 0.4) is 0 Å². The van der Waals surface area contributed by atoms with Gasteiger partial charge in [-0.25, -0.2) is 0 Å². The van der Waals surface area contributed by atoms with Crippen molar-refractivity contribution in [3.8, 4) is 0 Å². The van der Waals surface area contributed by atoms with E-state index in [4.69, 9.17) is 5.73 Å². The van der Waals surface area contributed by atoms with Gasteiger partial charge in [0.15, 0.2) is 0 Å². The molecular formula is C15H23N3O2. The van der Waals surface area contributed by atoms with Crippen LogP contribution in [0, 0.1) is 6.92 Å². The van der Waals surface area contributed by atoms with Crippen molar-refractivity contribution in [2.75, 3.05) is 17.2 Å². The van der Waals surface area contributed by atoms with Gasteiger partial charge in [-0.3, -0.25) is 9.59 Å². The van der Waals surface area contributed by atoms with Crippen molar-refractivity contribution < 1.29 is 9.59 Å². The first-order valence-electron chi connectivity index (χ1n) is 6.97. The molecule has 20 heavy (non-hydrogen) atoms. The van der Waals surface area contributed by atoms with Crippen LogP contribution in [-0.4, -0.2) is 18.4 Å². The molecule has 110 valence electrons. The molecule has 0 atom stereocenters. The normalized spacial score (nSPS) is 10.2. The number of nitrogens with one attached hydrogen (secondary N) is 2. The van der Waals surface area contributed by atoms with Crippen LogP contribution in [-0.2, 0) is 9.59 Å². The number of nitrogens with two attached hydrogens (primary N) is 1. The van der Waals surface area contributed by atoms with Gasteiger partial charge in [-0.15, -0.1) is 0 Å². The molecule has 0 bridgehead atoms. The maximum Gasteiger partial charge on any atom is 0.224 e. The maximum atomic E-state index is 11.7. The fourth-order valence-corrected chi connectivity index (χ4v) is 1.76. The molecule has 1 aromatic rings.